The number of nitrogens with one attached hydrogen (secondary N) is 1. The lowest BCUT2D eigenvalue weighted by Crippen LogP contribution is -2.37. The first-order valence-electron chi connectivity index (χ1n) is 10.9. The van der Waals surface area contributed by atoms with E-state index in [-0.39, 0.29) is 18.6 Å². The molecule has 28 heavy (non-hydrogen) atoms. The number of phosphoric acid groups is 1. The minimum Gasteiger partial charge on any atom is -0.394 e. The molecule has 170 valence electrons. The number of carbonyl (C=O) groups excluding carboxylic acids is 1. The van der Waals surface area contributed by atoms with Crippen LogP contribution in [0.5, 0.6) is 0 Å². The predicted octanol–water partition coefficient (Wildman–Crippen LogP) is 4.43. The normalized spacial score (nSPS) is 12.2. The highest BCUT2D eigenvalue weighted by Gasteiger charge is 2.10. The lowest BCUT2D eigenvalue weighted by molar-refractivity contribution is -0.122. The van der Waals surface area contributed by atoms with Crippen LogP contribution < -0.4 is 5.32 Å². The summed E-state index contributed by atoms with van der Waals surface area (Å²) >= 11 is 0. The summed E-state index contributed by atoms with van der Waals surface area (Å²) < 4.78 is 8.88. The maximum Gasteiger partial charge on any atom is 0.466 e. The number of aliphatic hydroxyl groups excluding tert-OH is 1. The molecule has 0 rings (SSSR count). The molecule has 0 radical (unpaired) electrons. The summed E-state index contributed by atoms with van der Waals surface area (Å²) in [5.41, 5.74) is 0. The summed E-state index contributed by atoms with van der Waals surface area (Å²) in [6.07, 6.45) is 17.7. The van der Waals surface area contributed by atoms with Crippen LogP contribution in [-0.4, -0.2) is 38.3 Å². The van der Waals surface area contributed by atoms with Gasteiger partial charge in [0.2, 0.25) is 5.91 Å². The van der Waals surface area contributed by atoms with E-state index in [2.05, 4.69) is 19.2 Å². The predicted molar refractivity (Wildman–Crippen MR) is 114 cm³/mol. The van der Waals surface area contributed by atoms with Crippen molar-refractivity contribution in [1.82, 2.24) is 5.32 Å². The van der Waals surface area contributed by atoms with Gasteiger partial charge in [0.05, 0.1) is 12.6 Å². The van der Waals surface area contributed by atoms with Crippen LogP contribution in [0.4, 0.5) is 0 Å². The molecule has 0 saturated carbocycles. The van der Waals surface area contributed by atoms with Crippen LogP contribution in [0.25, 0.3) is 0 Å². The van der Waals surface area contributed by atoms with Crippen molar-refractivity contribution >= 4 is 13.7 Å². The Bertz CT molecular complexity index is 381. The molecule has 5 N–H and O–H groups in total. The lowest BCUT2D eigenvalue weighted by Gasteiger charge is -2.16. The third kappa shape index (κ3) is 30.3. The van der Waals surface area contributed by atoms with E-state index in [1.165, 1.54) is 64.2 Å². The van der Waals surface area contributed by atoms with Gasteiger partial charge in [-0.2, -0.15) is 0 Å². The molecule has 0 heterocycles. The maximum absolute atomic E-state index is 11.9. The zero-order valence-corrected chi connectivity index (χ0v) is 18.8. The number of rotatable bonds is 17. The average Bonchev–Trinajstić information content (AvgIpc) is 2.61. The average molecular weight is 426 g/mol. The number of hydrogen-bond donors (Lipinski definition) is 5. The van der Waals surface area contributed by atoms with Gasteiger partial charge in [-0.05, 0) is 12.8 Å². The Morgan fingerprint density at radius 3 is 1.61 bits per heavy atom. The van der Waals surface area contributed by atoms with Crippen molar-refractivity contribution in [3.8, 4) is 0 Å². The molecule has 0 spiro atoms. The Kier molecular flexibility index (Phi) is 22.6. The second kappa shape index (κ2) is 21.3. The van der Waals surface area contributed by atoms with E-state index in [4.69, 9.17) is 19.2 Å². The van der Waals surface area contributed by atoms with Crippen molar-refractivity contribution in [2.24, 2.45) is 0 Å². The molecule has 1 amide bonds. The van der Waals surface area contributed by atoms with E-state index < -0.39 is 7.82 Å². The second-order valence-electron chi connectivity index (χ2n) is 7.39. The van der Waals surface area contributed by atoms with Gasteiger partial charge in [0, 0.05) is 6.42 Å². The maximum atomic E-state index is 11.9. The van der Waals surface area contributed by atoms with E-state index in [0.717, 1.165) is 25.7 Å². The molecule has 0 aliphatic rings. The zero-order chi connectivity index (χ0) is 21.7. The molecular formula is C20H44NO6P. The summed E-state index contributed by atoms with van der Waals surface area (Å²) in [5.74, 6) is 0.113. The molecule has 0 aliphatic heterocycles. The summed E-state index contributed by atoms with van der Waals surface area (Å²) in [6.45, 7) is 4.50. The Labute approximate surface area is 171 Å². The number of amides is 1. The minimum atomic E-state index is -4.64. The van der Waals surface area contributed by atoms with E-state index in [1.54, 1.807) is 0 Å². The Balaban J connectivity index is 0. The molecule has 0 aromatic rings. The van der Waals surface area contributed by atoms with Crippen molar-refractivity contribution in [2.45, 2.75) is 116 Å². The number of aliphatic hydroxyl groups is 1. The van der Waals surface area contributed by atoms with Gasteiger partial charge in [0.15, 0.2) is 0 Å². The largest absolute Gasteiger partial charge is 0.466 e. The molecule has 0 aliphatic carbocycles. The first-order valence-corrected chi connectivity index (χ1v) is 12.5. The minimum absolute atomic E-state index is 0.0436. The van der Waals surface area contributed by atoms with Gasteiger partial charge in [0.1, 0.15) is 0 Å². The van der Waals surface area contributed by atoms with E-state index >= 15 is 0 Å². The molecule has 0 saturated heterocycles. The fraction of sp³-hybridized carbons (Fsp3) is 0.950. The summed E-state index contributed by atoms with van der Waals surface area (Å²) in [5, 5.41) is 12.3. The lowest BCUT2D eigenvalue weighted by atomic mass is 10.1. The first-order chi connectivity index (χ1) is 13.2. The van der Waals surface area contributed by atoms with Crippen molar-refractivity contribution in [1.29, 1.82) is 0 Å². The molecule has 1 atom stereocenters. The molecule has 8 heteroatoms. The van der Waals surface area contributed by atoms with Crippen LogP contribution in [0.3, 0.4) is 0 Å². The van der Waals surface area contributed by atoms with Crippen LogP contribution in [0, 0.1) is 0 Å². The highest BCUT2D eigenvalue weighted by Crippen LogP contribution is 2.25. The number of carbonyl (C=O) groups is 1. The summed E-state index contributed by atoms with van der Waals surface area (Å²) in [4.78, 5) is 33.4. The highest BCUT2D eigenvalue weighted by atomic mass is 31.2. The van der Waals surface area contributed by atoms with Crippen LogP contribution in [0.2, 0.25) is 0 Å². The molecule has 0 bridgehead atoms. The van der Waals surface area contributed by atoms with Crippen LogP contribution in [-0.2, 0) is 9.36 Å². The molecule has 0 aromatic carbocycles. The second-order valence-corrected chi connectivity index (χ2v) is 8.41. The molecule has 0 fully saturated rings. The SMILES string of the molecule is CCCCCCCCCCCC(=O)NC(CO)CCCCCC.O=P(O)(O)O. The highest BCUT2D eigenvalue weighted by molar-refractivity contribution is 7.45. The number of hydrogen-bond acceptors (Lipinski definition) is 3. The van der Waals surface area contributed by atoms with Gasteiger partial charge in [-0.25, -0.2) is 4.57 Å². The standard InChI is InChI=1S/C20H41NO2.H3O4P/c1-3-5-7-9-10-11-12-13-15-17-20(23)21-19(18-22)16-14-8-6-4-2;1-5(2,3)4/h19,22H,3-18H2,1-2H3,(H,21,23);(H3,1,2,3,4). The molecule has 0 aromatic heterocycles. The topological polar surface area (TPSA) is 127 Å². The van der Waals surface area contributed by atoms with Crippen LogP contribution in [0.1, 0.15) is 110 Å². The van der Waals surface area contributed by atoms with Crippen molar-refractivity contribution in [2.75, 3.05) is 6.61 Å². The van der Waals surface area contributed by atoms with Gasteiger partial charge in [-0.3, -0.25) is 4.79 Å². The number of unbranched alkanes of at least 4 members (excludes halogenated alkanes) is 11. The van der Waals surface area contributed by atoms with E-state index in [1.807, 2.05) is 0 Å². The van der Waals surface area contributed by atoms with Crippen molar-refractivity contribution in [3.05, 3.63) is 0 Å². The third-order valence-corrected chi connectivity index (χ3v) is 4.50. The Morgan fingerprint density at radius 2 is 1.18 bits per heavy atom. The van der Waals surface area contributed by atoms with Gasteiger partial charge in [0.25, 0.3) is 0 Å². The van der Waals surface area contributed by atoms with Crippen LogP contribution in [0.15, 0.2) is 0 Å². The Hall–Kier alpha value is -0.460. The van der Waals surface area contributed by atoms with Crippen LogP contribution >= 0.6 is 7.82 Å². The fourth-order valence-corrected chi connectivity index (χ4v) is 2.92. The monoisotopic (exact) mass is 425 g/mol. The molecule has 7 nitrogen and oxygen atoms in total. The summed E-state index contributed by atoms with van der Waals surface area (Å²) in [7, 11) is -4.64. The van der Waals surface area contributed by atoms with Gasteiger partial charge >= 0.3 is 7.82 Å². The zero-order valence-electron chi connectivity index (χ0n) is 17.9. The Morgan fingerprint density at radius 1 is 0.786 bits per heavy atom. The van der Waals surface area contributed by atoms with E-state index in [9.17, 15) is 9.90 Å². The van der Waals surface area contributed by atoms with E-state index in [0.29, 0.717) is 6.42 Å². The van der Waals surface area contributed by atoms with Gasteiger partial charge < -0.3 is 25.1 Å². The van der Waals surface area contributed by atoms with Gasteiger partial charge in [-0.15, -0.1) is 0 Å². The summed E-state index contributed by atoms with van der Waals surface area (Å²) in [6, 6.07) is -0.0436. The molecule has 1 unspecified atom stereocenters. The van der Waals surface area contributed by atoms with Crippen molar-refractivity contribution < 1.29 is 29.1 Å². The van der Waals surface area contributed by atoms with Gasteiger partial charge in [-0.1, -0.05) is 90.9 Å². The van der Waals surface area contributed by atoms with Crippen molar-refractivity contribution in [3.63, 3.8) is 0 Å². The first kappa shape index (κ1) is 29.7. The molecular weight excluding hydrogens is 381 g/mol. The smallest absolute Gasteiger partial charge is 0.394 e. The fourth-order valence-electron chi connectivity index (χ4n) is 2.92. The quantitative estimate of drug-likeness (QED) is 0.173. The third-order valence-electron chi connectivity index (χ3n) is 4.50.